The molecule has 1 atom stereocenters. The molecule has 0 saturated carbocycles. The van der Waals surface area contributed by atoms with Crippen LogP contribution in [0.4, 0.5) is 0 Å². The first-order valence-corrected chi connectivity index (χ1v) is 4.38. The lowest BCUT2D eigenvalue weighted by molar-refractivity contribution is -0.124. The number of ketones is 1. The third-order valence-electron chi connectivity index (χ3n) is 2.63. The molecule has 0 amide bonds. The van der Waals surface area contributed by atoms with Crippen molar-refractivity contribution < 1.29 is 9.53 Å². The largest absolute Gasteiger partial charge is 0.491 e. The second kappa shape index (κ2) is 2.92. The van der Waals surface area contributed by atoms with Crippen molar-refractivity contribution in [1.82, 2.24) is 0 Å². The normalized spacial score (nSPS) is 30.5. The minimum absolute atomic E-state index is 0.225. The van der Waals surface area contributed by atoms with Crippen LogP contribution in [0.2, 0.25) is 0 Å². The van der Waals surface area contributed by atoms with E-state index >= 15 is 0 Å². The van der Waals surface area contributed by atoms with Gasteiger partial charge in [-0.15, -0.1) is 0 Å². The number of rotatable bonds is 1. The highest BCUT2D eigenvalue weighted by Gasteiger charge is 2.33. The van der Waals surface area contributed by atoms with Crippen LogP contribution in [-0.4, -0.2) is 11.4 Å². The van der Waals surface area contributed by atoms with E-state index in [0.717, 1.165) is 17.8 Å². The minimum Gasteiger partial charge on any atom is -0.491 e. The summed E-state index contributed by atoms with van der Waals surface area (Å²) in [7, 11) is 0. The van der Waals surface area contributed by atoms with Crippen LogP contribution >= 0.6 is 0 Å². The fraction of sp³-hybridized carbons (Fsp3) is 0.700. The van der Waals surface area contributed by atoms with Gasteiger partial charge in [0, 0.05) is 5.57 Å². The SMILES string of the molecule is CCC1(C)CC(=O)C(C)=C(C)O1. The van der Waals surface area contributed by atoms with Crippen LogP contribution in [-0.2, 0) is 9.53 Å². The summed E-state index contributed by atoms with van der Waals surface area (Å²) in [6, 6.07) is 0. The Hall–Kier alpha value is -0.790. The lowest BCUT2D eigenvalue weighted by Crippen LogP contribution is -2.35. The van der Waals surface area contributed by atoms with Crippen molar-refractivity contribution in [3.8, 4) is 0 Å². The lowest BCUT2D eigenvalue weighted by atomic mass is 9.90. The van der Waals surface area contributed by atoms with E-state index in [2.05, 4.69) is 0 Å². The molecule has 12 heavy (non-hydrogen) atoms. The maximum atomic E-state index is 11.4. The molecule has 1 aliphatic heterocycles. The van der Waals surface area contributed by atoms with Crippen LogP contribution in [0, 0.1) is 0 Å². The zero-order valence-electron chi connectivity index (χ0n) is 8.23. The van der Waals surface area contributed by atoms with Gasteiger partial charge in [0.2, 0.25) is 0 Å². The number of Topliss-reactive ketones (excluding diaryl/α,β-unsaturated/α-hetero) is 1. The van der Waals surface area contributed by atoms with Crippen LogP contribution in [0.1, 0.15) is 40.5 Å². The molecule has 0 aliphatic carbocycles. The van der Waals surface area contributed by atoms with Crippen LogP contribution < -0.4 is 0 Å². The summed E-state index contributed by atoms with van der Waals surface area (Å²) in [4.78, 5) is 11.4. The Bertz CT molecular complexity index is 240. The Labute approximate surface area is 73.6 Å². The zero-order valence-corrected chi connectivity index (χ0v) is 8.23. The van der Waals surface area contributed by atoms with E-state index in [1.54, 1.807) is 0 Å². The Morgan fingerprint density at radius 2 is 2.08 bits per heavy atom. The fourth-order valence-electron chi connectivity index (χ4n) is 1.35. The molecule has 1 unspecified atom stereocenters. The average molecular weight is 168 g/mol. The number of hydrogen-bond acceptors (Lipinski definition) is 2. The van der Waals surface area contributed by atoms with E-state index in [4.69, 9.17) is 4.74 Å². The van der Waals surface area contributed by atoms with Gasteiger partial charge >= 0.3 is 0 Å². The zero-order chi connectivity index (χ0) is 9.35. The molecular weight excluding hydrogens is 152 g/mol. The monoisotopic (exact) mass is 168 g/mol. The number of ether oxygens (including phenoxy) is 1. The van der Waals surface area contributed by atoms with Crippen molar-refractivity contribution in [3.63, 3.8) is 0 Å². The summed E-state index contributed by atoms with van der Waals surface area (Å²) >= 11 is 0. The van der Waals surface area contributed by atoms with E-state index in [1.165, 1.54) is 0 Å². The third kappa shape index (κ3) is 1.52. The molecule has 0 radical (unpaired) electrons. The van der Waals surface area contributed by atoms with E-state index in [1.807, 2.05) is 27.7 Å². The molecule has 1 rings (SSSR count). The molecule has 2 nitrogen and oxygen atoms in total. The standard InChI is InChI=1S/C10H16O2/c1-5-10(4)6-9(11)7(2)8(3)12-10/h5-6H2,1-4H3. The lowest BCUT2D eigenvalue weighted by Gasteiger charge is -2.34. The summed E-state index contributed by atoms with van der Waals surface area (Å²) < 4.78 is 5.66. The molecule has 0 aromatic carbocycles. The Kier molecular flexibility index (Phi) is 2.27. The maximum Gasteiger partial charge on any atom is 0.165 e. The molecule has 0 fully saturated rings. The first-order chi connectivity index (χ1) is 5.48. The van der Waals surface area contributed by atoms with Gasteiger partial charge in [0.25, 0.3) is 0 Å². The van der Waals surface area contributed by atoms with Gasteiger partial charge in [-0.25, -0.2) is 0 Å². The molecule has 1 aliphatic rings. The highest BCUT2D eigenvalue weighted by atomic mass is 16.5. The Balaban J connectivity index is 2.92. The summed E-state index contributed by atoms with van der Waals surface area (Å²) in [5.41, 5.74) is 0.515. The maximum absolute atomic E-state index is 11.4. The molecule has 0 saturated heterocycles. The summed E-state index contributed by atoms with van der Waals surface area (Å²) in [6.45, 7) is 7.72. The minimum atomic E-state index is -0.263. The summed E-state index contributed by atoms with van der Waals surface area (Å²) in [5, 5.41) is 0. The van der Waals surface area contributed by atoms with Crippen molar-refractivity contribution >= 4 is 5.78 Å². The molecule has 0 bridgehead atoms. The molecule has 2 heteroatoms. The number of allylic oxidation sites excluding steroid dienone is 2. The molecule has 1 heterocycles. The molecule has 68 valence electrons. The second-order valence-electron chi connectivity index (χ2n) is 3.69. The van der Waals surface area contributed by atoms with Crippen LogP contribution in [0.3, 0.4) is 0 Å². The van der Waals surface area contributed by atoms with Crippen molar-refractivity contribution in [2.75, 3.05) is 0 Å². The van der Waals surface area contributed by atoms with Gasteiger partial charge in [0.1, 0.15) is 11.4 Å². The van der Waals surface area contributed by atoms with Gasteiger partial charge < -0.3 is 4.74 Å². The third-order valence-corrected chi connectivity index (χ3v) is 2.63. The summed E-state index contributed by atoms with van der Waals surface area (Å²) in [5.74, 6) is 1.01. The first kappa shape index (κ1) is 9.30. The van der Waals surface area contributed by atoms with Gasteiger partial charge in [-0.05, 0) is 27.2 Å². The molecule has 0 spiro atoms. The van der Waals surface area contributed by atoms with Crippen molar-refractivity contribution in [2.24, 2.45) is 0 Å². The molecule has 0 N–H and O–H groups in total. The van der Waals surface area contributed by atoms with E-state index in [0.29, 0.717) is 6.42 Å². The van der Waals surface area contributed by atoms with Crippen LogP contribution in [0.25, 0.3) is 0 Å². The second-order valence-corrected chi connectivity index (χ2v) is 3.69. The molecule has 0 aromatic rings. The number of carbonyl (C=O) groups is 1. The number of hydrogen-bond donors (Lipinski definition) is 0. The average Bonchev–Trinajstić information content (AvgIpc) is 2.00. The quantitative estimate of drug-likeness (QED) is 0.601. The topological polar surface area (TPSA) is 26.3 Å². The predicted octanol–water partition coefficient (Wildman–Crippen LogP) is 2.44. The van der Waals surface area contributed by atoms with Crippen molar-refractivity contribution in [3.05, 3.63) is 11.3 Å². The summed E-state index contributed by atoms with van der Waals surface area (Å²) in [6.07, 6.45) is 1.40. The van der Waals surface area contributed by atoms with E-state index < -0.39 is 0 Å². The van der Waals surface area contributed by atoms with Gasteiger partial charge in [-0.1, -0.05) is 6.92 Å². The van der Waals surface area contributed by atoms with Crippen LogP contribution in [0.5, 0.6) is 0 Å². The number of carbonyl (C=O) groups excluding carboxylic acids is 1. The predicted molar refractivity (Wildman–Crippen MR) is 47.8 cm³/mol. The van der Waals surface area contributed by atoms with Crippen LogP contribution in [0.15, 0.2) is 11.3 Å². The van der Waals surface area contributed by atoms with Gasteiger partial charge in [0.05, 0.1) is 6.42 Å². The van der Waals surface area contributed by atoms with E-state index in [9.17, 15) is 4.79 Å². The van der Waals surface area contributed by atoms with Crippen molar-refractivity contribution in [2.45, 2.75) is 46.1 Å². The Morgan fingerprint density at radius 3 is 2.50 bits per heavy atom. The first-order valence-electron chi connectivity index (χ1n) is 4.38. The molecular formula is C10H16O2. The van der Waals surface area contributed by atoms with E-state index in [-0.39, 0.29) is 11.4 Å². The van der Waals surface area contributed by atoms with Gasteiger partial charge in [0.15, 0.2) is 5.78 Å². The van der Waals surface area contributed by atoms with Crippen molar-refractivity contribution in [1.29, 1.82) is 0 Å². The highest BCUT2D eigenvalue weighted by molar-refractivity contribution is 5.96. The fourth-order valence-corrected chi connectivity index (χ4v) is 1.35. The van der Waals surface area contributed by atoms with Gasteiger partial charge in [-0.3, -0.25) is 4.79 Å². The molecule has 0 aromatic heterocycles. The Morgan fingerprint density at radius 1 is 1.50 bits per heavy atom. The van der Waals surface area contributed by atoms with Gasteiger partial charge in [-0.2, -0.15) is 0 Å². The smallest absolute Gasteiger partial charge is 0.165 e. The highest BCUT2D eigenvalue weighted by Crippen LogP contribution is 2.31.